The van der Waals surface area contributed by atoms with Crippen LogP contribution in [-0.2, 0) is 16.6 Å². The number of benzene rings is 1. The quantitative estimate of drug-likeness (QED) is 0.242. The van der Waals surface area contributed by atoms with Crippen LogP contribution in [0.2, 0.25) is 0 Å². The molecule has 1 saturated carbocycles. The van der Waals surface area contributed by atoms with Crippen molar-refractivity contribution >= 4 is 40.0 Å². The van der Waals surface area contributed by atoms with Gasteiger partial charge in [0.25, 0.3) is 0 Å². The van der Waals surface area contributed by atoms with Gasteiger partial charge in [-0.15, -0.1) is 24.0 Å². The first-order chi connectivity index (χ1) is 13.1. The van der Waals surface area contributed by atoms with Gasteiger partial charge in [-0.1, -0.05) is 12.1 Å². The van der Waals surface area contributed by atoms with Crippen molar-refractivity contribution in [3.8, 4) is 5.75 Å². The zero-order valence-corrected chi connectivity index (χ0v) is 21.2. The maximum atomic E-state index is 11.5. The van der Waals surface area contributed by atoms with Crippen LogP contribution in [-0.4, -0.2) is 45.9 Å². The number of rotatable bonds is 10. The molecule has 1 aliphatic rings. The monoisotopic (exact) mass is 538 g/mol. The van der Waals surface area contributed by atoms with Gasteiger partial charge in [0, 0.05) is 24.2 Å². The predicted octanol–water partition coefficient (Wildman–Crippen LogP) is 2.78. The Morgan fingerprint density at radius 3 is 2.55 bits per heavy atom. The Bertz CT molecular complexity index is 793. The van der Waals surface area contributed by atoms with Crippen molar-refractivity contribution in [2.75, 3.05) is 26.0 Å². The molecule has 9 heteroatoms. The number of guanidine groups is 1. The summed E-state index contributed by atoms with van der Waals surface area (Å²) >= 11 is 0. The van der Waals surface area contributed by atoms with Gasteiger partial charge in [-0.25, -0.2) is 18.1 Å². The molecule has 0 atom stereocenters. The standard InChI is InChI=1S/C20H34N4O3S.HI/c1-6-21-19(23-14-20(3,4)24-28(5,25)26)22-12-17-10-7-15(2)11-18(17)27-13-16-8-9-16;/h7,10-11,16,24H,6,8-9,12-14H2,1-5H3,(H2,21,22,23);1H. The van der Waals surface area contributed by atoms with E-state index in [-0.39, 0.29) is 24.0 Å². The molecule has 1 aromatic carbocycles. The molecule has 0 saturated heterocycles. The molecular weight excluding hydrogens is 503 g/mol. The highest BCUT2D eigenvalue weighted by Gasteiger charge is 2.23. The zero-order valence-electron chi connectivity index (χ0n) is 18.0. The number of aryl methyl sites for hydroxylation is 1. The van der Waals surface area contributed by atoms with Gasteiger partial charge in [0.1, 0.15) is 5.75 Å². The number of nitrogens with zero attached hydrogens (tertiary/aromatic N) is 1. The second-order valence-electron chi connectivity index (χ2n) is 8.17. The molecular formula is C20H35IN4O3S. The van der Waals surface area contributed by atoms with Gasteiger partial charge in [-0.2, -0.15) is 0 Å². The van der Waals surface area contributed by atoms with Crippen LogP contribution < -0.4 is 20.1 Å². The van der Waals surface area contributed by atoms with Crippen molar-refractivity contribution in [2.24, 2.45) is 10.9 Å². The molecule has 166 valence electrons. The van der Waals surface area contributed by atoms with Crippen LogP contribution in [0.1, 0.15) is 44.7 Å². The van der Waals surface area contributed by atoms with Crippen molar-refractivity contribution in [3.05, 3.63) is 29.3 Å². The Morgan fingerprint density at radius 2 is 1.97 bits per heavy atom. The third kappa shape index (κ3) is 10.5. The second-order valence-corrected chi connectivity index (χ2v) is 9.92. The lowest BCUT2D eigenvalue weighted by Crippen LogP contribution is -2.53. The van der Waals surface area contributed by atoms with Gasteiger partial charge in [0.15, 0.2) is 5.96 Å². The fourth-order valence-electron chi connectivity index (χ4n) is 2.77. The molecule has 1 fully saturated rings. The summed E-state index contributed by atoms with van der Waals surface area (Å²) in [5.41, 5.74) is 1.57. The van der Waals surface area contributed by atoms with Crippen LogP contribution in [0.3, 0.4) is 0 Å². The molecule has 0 bridgehead atoms. The average molecular weight is 538 g/mol. The summed E-state index contributed by atoms with van der Waals surface area (Å²) in [5, 5.41) is 6.42. The molecule has 7 nitrogen and oxygen atoms in total. The van der Waals surface area contributed by atoms with Crippen LogP contribution in [0.25, 0.3) is 0 Å². The van der Waals surface area contributed by atoms with E-state index < -0.39 is 15.6 Å². The molecule has 0 aromatic heterocycles. The molecule has 0 heterocycles. The first kappa shape index (κ1) is 26.0. The maximum Gasteiger partial charge on any atom is 0.209 e. The number of halogens is 1. The minimum Gasteiger partial charge on any atom is -0.493 e. The average Bonchev–Trinajstić information content (AvgIpc) is 3.39. The number of sulfonamides is 1. The van der Waals surface area contributed by atoms with Crippen LogP contribution in [0.5, 0.6) is 5.75 Å². The van der Waals surface area contributed by atoms with E-state index in [4.69, 9.17) is 4.74 Å². The van der Waals surface area contributed by atoms with E-state index in [9.17, 15) is 8.42 Å². The topological polar surface area (TPSA) is 91.8 Å². The number of nitrogens with one attached hydrogen (secondary N) is 3. The van der Waals surface area contributed by atoms with Crippen LogP contribution in [0, 0.1) is 12.8 Å². The largest absolute Gasteiger partial charge is 0.493 e. The number of hydrogen-bond donors (Lipinski definition) is 3. The Labute approximate surface area is 192 Å². The number of ether oxygens (including phenoxy) is 1. The Morgan fingerprint density at radius 1 is 1.28 bits per heavy atom. The summed E-state index contributed by atoms with van der Waals surface area (Å²) in [6, 6.07) is 6.18. The van der Waals surface area contributed by atoms with Gasteiger partial charge in [-0.3, -0.25) is 0 Å². The van der Waals surface area contributed by atoms with Crippen molar-refractivity contribution in [1.29, 1.82) is 0 Å². The second kappa shape index (κ2) is 11.4. The van der Waals surface area contributed by atoms with E-state index in [1.807, 2.05) is 20.8 Å². The lowest BCUT2D eigenvalue weighted by atomic mass is 10.1. The predicted molar refractivity (Wildman–Crippen MR) is 130 cm³/mol. The molecule has 3 N–H and O–H groups in total. The fourth-order valence-corrected chi connectivity index (χ4v) is 3.84. The molecule has 2 rings (SSSR count). The fraction of sp³-hybridized carbons (Fsp3) is 0.650. The van der Waals surface area contributed by atoms with Crippen molar-refractivity contribution in [2.45, 2.75) is 52.6 Å². The number of hydrogen-bond acceptors (Lipinski definition) is 4. The van der Waals surface area contributed by atoms with Crippen LogP contribution >= 0.6 is 24.0 Å². The molecule has 0 amide bonds. The lowest BCUT2D eigenvalue weighted by molar-refractivity contribution is 0.296. The van der Waals surface area contributed by atoms with E-state index in [2.05, 4.69) is 45.5 Å². The Balaban J connectivity index is 0.00000420. The normalized spacial score (nSPS) is 14.9. The molecule has 1 aromatic rings. The van der Waals surface area contributed by atoms with Crippen molar-refractivity contribution < 1.29 is 13.2 Å². The smallest absolute Gasteiger partial charge is 0.209 e. The summed E-state index contributed by atoms with van der Waals surface area (Å²) in [6.07, 6.45) is 3.67. The Hall–Kier alpha value is -1.07. The van der Waals surface area contributed by atoms with E-state index >= 15 is 0 Å². The summed E-state index contributed by atoms with van der Waals surface area (Å²) in [4.78, 5) is 4.65. The van der Waals surface area contributed by atoms with Crippen molar-refractivity contribution in [1.82, 2.24) is 15.4 Å². The highest BCUT2D eigenvalue weighted by Crippen LogP contribution is 2.30. The zero-order chi connectivity index (χ0) is 20.8. The van der Waals surface area contributed by atoms with E-state index in [1.54, 1.807) is 0 Å². The Kier molecular flexibility index (Phi) is 10.2. The highest BCUT2D eigenvalue weighted by atomic mass is 127. The minimum atomic E-state index is -3.28. The van der Waals surface area contributed by atoms with Gasteiger partial charge < -0.3 is 15.4 Å². The third-order valence-corrected chi connectivity index (χ3v) is 5.23. The first-order valence-corrected chi connectivity index (χ1v) is 11.7. The minimum absolute atomic E-state index is 0. The molecule has 0 unspecified atom stereocenters. The van der Waals surface area contributed by atoms with Crippen LogP contribution in [0.15, 0.2) is 23.2 Å². The van der Waals surface area contributed by atoms with E-state index in [0.717, 1.165) is 29.7 Å². The molecule has 0 radical (unpaired) electrons. The summed E-state index contributed by atoms with van der Waals surface area (Å²) in [5.74, 6) is 2.23. The van der Waals surface area contributed by atoms with E-state index in [1.165, 1.54) is 12.8 Å². The van der Waals surface area contributed by atoms with Gasteiger partial charge in [-0.05, 0) is 58.1 Å². The summed E-state index contributed by atoms with van der Waals surface area (Å²) in [7, 11) is -3.28. The van der Waals surface area contributed by atoms with Gasteiger partial charge in [0.2, 0.25) is 10.0 Å². The SMILES string of the molecule is CCNC(=NCc1ccc(C)cc1OCC1CC1)NCC(C)(C)NS(C)(=O)=O.I. The van der Waals surface area contributed by atoms with Gasteiger partial charge in [0.05, 0.1) is 19.4 Å². The van der Waals surface area contributed by atoms with Gasteiger partial charge >= 0.3 is 0 Å². The first-order valence-electron chi connectivity index (χ1n) is 9.81. The molecule has 1 aliphatic carbocycles. The summed E-state index contributed by atoms with van der Waals surface area (Å²) in [6.45, 7) is 10.1. The lowest BCUT2D eigenvalue weighted by Gasteiger charge is -2.26. The summed E-state index contributed by atoms with van der Waals surface area (Å²) < 4.78 is 31.7. The maximum absolute atomic E-state index is 11.5. The molecule has 0 aliphatic heterocycles. The molecule has 29 heavy (non-hydrogen) atoms. The molecule has 0 spiro atoms. The van der Waals surface area contributed by atoms with E-state index in [0.29, 0.717) is 31.5 Å². The number of aliphatic imine (C=N–C) groups is 1. The van der Waals surface area contributed by atoms with Crippen LogP contribution in [0.4, 0.5) is 0 Å². The third-order valence-electron chi connectivity index (χ3n) is 4.31. The van der Waals surface area contributed by atoms with Crippen molar-refractivity contribution in [3.63, 3.8) is 0 Å². The highest BCUT2D eigenvalue weighted by molar-refractivity contribution is 14.0.